The molecule has 1 fully saturated rings. The van der Waals surface area contributed by atoms with Gasteiger partial charge in [0.25, 0.3) is 0 Å². The predicted molar refractivity (Wildman–Crippen MR) is 63.1 cm³/mol. The third kappa shape index (κ3) is 2.42. The molecule has 0 bridgehead atoms. The van der Waals surface area contributed by atoms with Crippen LogP contribution in [-0.2, 0) is 0 Å². The van der Waals surface area contributed by atoms with Crippen molar-refractivity contribution in [2.45, 2.75) is 31.9 Å². The summed E-state index contributed by atoms with van der Waals surface area (Å²) in [4.78, 5) is 0. The lowest BCUT2D eigenvalue weighted by atomic mass is 9.78. The van der Waals surface area contributed by atoms with E-state index in [1.54, 1.807) is 6.08 Å². The van der Waals surface area contributed by atoms with Gasteiger partial charge in [0.2, 0.25) is 0 Å². The molecular weight excluding hydrogens is 186 g/mol. The summed E-state index contributed by atoms with van der Waals surface area (Å²) in [5, 5.41) is 10.4. The smallest absolute Gasteiger partial charge is 0.139 e. The molecular formula is C13H22NO+. The highest BCUT2D eigenvalue weighted by atomic mass is 16.3. The zero-order valence-corrected chi connectivity index (χ0v) is 10.2. The van der Waals surface area contributed by atoms with E-state index in [2.05, 4.69) is 46.4 Å². The fourth-order valence-electron chi connectivity index (χ4n) is 2.29. The average Bonchev–Trinajstić information content (AvgIpc) is 2.12. The van der Waals surface area contributed by atoms with Gasteiger partial charge in [0.05, 0.1) is 26.7 Å². The van der Waals surface area contributed by atoms with Gasteiger partial charge in [-0.15, -0.1) is 0 Å². The van der Waals surface area contributed by atoms with Crippen LogP contribution in [0, 0.1) is 17.8 Å². The van der Waals surface area contributed by atoms with Crippen molar-refractivity contribution in [2.24, 2.45) is 5.92 Å². The molecule has 1 aliphatic rings. The van der Waals surface area contributed by atoms with Crippen LogP contribution in [0.25, 0.3) is 0 Å². The molecule has 1 N–H and O–H groups in total. The van der Waals surface area contributed by atoms with Gasteiger partial charge in [-0.2, -0.15) is 0 Å². The van der Waals surface area contributed by atoms with Gasteiger partial charge in [0.15, 0.2) is 0 Å². The van der Waals surface area contributed by atoms with Crippen LogP contribution in [0.2, 0.25) is 0 Å². The Morgan fingerprint density at radius 3 is 2.60 bits per heavy atom. The monoisotopic (exact) mass is 208 g/mol. The zero-order chi connectivity index (χ0) is 11.7. The lowest BCUT2D eigenvalue weighted by Crippen LogP contribution is -2.61. The first-order valence-electron chi connectivity index (χ1n) is 5.50. The van der Waals surface area contributed by atoms with Crippen molar-refractivity contribution in [3.05, 3.63) is 12.7 Å². The maximum Gasteiger partial charge on any atom is 0.139 e. The van der Waals surface area contributed by atoms with Crippen molar-refractivity contribution in [3.63, 3.8) is 0 Å². The molecule has 2 nitrogen and oxygen atoms in total. The van der Waals surface area contributed by atoms with Crippen LogP contribution in [0.15, 0.2) is 12.7 Å². The van der Waals surface area contributed by atoms with E-state index in [9.17, 15) is 5.11 Å². The van der Waals surface area contributed by atoms with Crippen LogP contribution in [0.5, 0.6) is 0 Å². The molecule has 0 unspecified atom stereocenters. The molecule has 0 saturated carbocycles. The van der Waals surface area contributed by atoms with E-state index in [1.807, 2.05) is 0 Å². The summed E-state index contributed by atoms with van der Waals surface area (Å²) in [7, 11) is 4.42. The van der Waals surface area contributed by atoms with Crippen LogP contribution >= 0.6 is 0 Å². The SMILES string of the molecule is C=CC#C[C@]1(O)C[C@@H](C)[N+](C)(C)C[C@@H]1C. The molecule has 0 aromatic heterocycles. The first-order chi connectivity index (χ1) is 6.82. The molecule has 84 valence electrons. The number of nitrogens with zero attached hydrogens (tertiary/aromatic N) is 1. The lowest BCUT2D eigenvalue weighted by Gasteiger charge is -2.48. The first-order valence-corrected chi connectivity index (χ1v) is 5.50. The molecule has 0 aliphatic carbocycles. The Morgan fingerprint density at radius 1 is 1.47 bits per heavy atom. The van der Waals surface area contributed by atoms with Crippen molar-refractivity contribution in [2.75, 3.05) is 20.6 Å². The molecule has 2 heteroatoms. The molecule has 1 aliphatic heterocycles. The largest absolute Gasteiger partial charge is 0.377 e. The van der Waals surface area contributed by atoms with Crippen molar-refractivity contribution < 1.29 is 9.59 Å². The van der Waals surface area contributed by atoms with E-state index in [-0.39, 0.29) is 5.92 Å². The maximum atomic E-state index is 10.4. The normalized spacial score (nSPS) is 39.0. The van der Waals surface area contributed by atoms with Gasteiger partial charge in [-0.25, -0.2) is 0 Å². The quantitative estimate of drug-likeness (QED) is 0.471. The first kappa shape index (κ1) is 12.3. The topological polar surface area (TPSA) is 20.2 Å². The van der Waals surface area contributed by atoms with Crippen LogP contribution in [0.4, 0.5) is 0 Å². The van der Waals surface area contributed by atoms with E-state index < -0.39 is 5.60 Å². The summed E-state index contributed by atoms with van der Waals surface area (Å²) in [5.74, 6) is 5.94. The summed E-state index contributed by atoms with van der Waals surface area (Å²) >= 11 is 0. The molecule has 1 saturated heterocycles. The van der Waals surface area contributed by atoms with Crippen molar-refractivity contribution >= 4 is 0 Å². The molecule has 0 aromatic rings. The Morgan fingerprint density at radius 2 is 2.07 bits per heavy atom. The second-order valence-corrected chi connectivity index (χ2v) is 5.31. The second-order valence-electron chi connectivity index (χ2n) is 5.31. The standard InChI is InChI=1S/C13H22NO/c1-6-7-8-13(15)9-12(3)14(4,5)10-11(13)2/h6,11-12,15H,1,9-10H2,2-5H3/q+1/t11-,12+,13-/m0/s1. The number of hydrogen-bond acceptors (Lipinski definition) is 1. The van der Waals surface area contributed by atoms with Crippen molar-refractivity contribution in [1.82, 2.24) is 0 Å². The van der Waals surface area contributed by atoms with E-state index in [0.717, 1.165) is 17.4 Å². The fourth-order valence-corrected chi connectivity index (χ4v) is 2.29. The number of rotatable bonds is 0. The number of hydrogen-bond donors (Lipinski definition) is 1. The fraction of sp³-hybridized carbons (Fsp3) is 0.692. The average molecular weight is 208 g/mol. The van der Waals surface area contributed by atoms with E-state index in [0.29, 0.717) is 6.04 Å². The third-order valence-corrected chi connectivity index (χ3v) is 3.75. The Kier molecular flexibility index (Phi) is 3.28. The number of piperidine rings is 1. The van der Waals surface area contributed by atoms with Gasteiger partial charge >= 0.3 is 0 Å². The summed E-state index contributed by atoms with van der Waals surface area (Å²) in [6, 6.07) is 0.435. The van der Waals surface area contributed by atoms with E-state index in [4.69, 9.17) is 0 Å². The highest BCUT2D eigenvalue weighted by Crippen LogP contribution is 2.33. The summed E-state index contributed by atoms with van der Waals surface area (Å²) in [6.07, 6.45) is 2.28. The van der Waals surface area contributed by atoms with Crippen molar-refractivity contribution in [3.8, 4) is 11.8 Å². The van der Waals surface area contributed by atoms with Gasteiger partial charge in [-0.05, 0) is 13.0 Å². The van der Waals surface area contributed by atoms with Crippen LogP contribution < -0.4 is 0 Å². The Labute approximate surface area is 93.2 Å². The van der Waals surface area contributed by atoms with Gasteiger partial charge in [-0.1, -0.05) is 25.3 Å². The highest BCUT2D eigenvalue weighted by molar-refractivity contribution is 5.22. The Balaban J connectivity index is 2.91. The minimum atomic E-state index is -0.832. The molecule has 0 aromatic carbocycles. The summed E-state index contributed by atoms with van der Waals surface area (Å²) < 4.78 is 0.958. The van der Waals surface area contributed by atoms with Gasteiger partial charge < -0.3 is 9.59 Å². The molecule has 15 heavy (non-hydrogen) atoms. The Bertz CT molecular complexity index is 310. The molecule has 3 atom stereocenters. The van der Waals surface area contributed by atoms with Crippen LogP contribution in [-0.4, -0.2) is 41.9 Å². The molecule has 0 radical (unpaired) electrons. The number of quaternary nitrogens is 1. The van der Waals surface area contributed by atoms with Crippen molar-refractivity contribution in [1.29, 1.82) is 0 Å². The minimum Gasteiger partial charge on any atom is -0.377 e. The predicted octanol–water partition coefficient (Wildman–Crippen LogP) is 1.41. The molecule has 1 heterocycles. The highest BCUT2D eigenvalue weighted by Gasteiger charge is 2.46. The van der Waals surface area contributed by atoms with Crippen LogP contribution in [0.1, 0.15) is 20.3 Å². The number of allylic oxidation sites excluding steroid dienone is 1. The molecule has 0 spiro atoms. The maximum absolute atomic E-state index is 10.4. The van der Waals surface area contributed by atoms with Gasteiger partial charge in [-0.3, -0.25) is 0 Å². The second kappa shape index (κ2) is 4.00. The van der Waals surface area contributed by atoms with E-state index >= 15 is 0 Å². The molecule has 0 amide bonds. The molecule has 1 rings (SSSR count). The lowest BCUT2D eigenvalue weighted by molar-refractivity contribution is -0.923. The van der Waals surface area contributed by atoms with Gasteiger partial charge in [0, 0.05) is 12.3 Å². The zero-order valence-electron chi connectivity index (χ0n) is 10.2. The third-order valence-electron chi connectivity index (χ3n) is 3.75. The van der Waals surface area contributed by atoms with Crippen LogP contribution in [0.3, 0.4) is 0 Å². The number of likely N-dealkylation sites (tertiary alicyclic amines) is 1. The minimum absolute atomic E-state index is 0.205. The number of aliphatic hydroxyl groups is 1. The van der Waals surface area contributed by atoms with E-state index in [1.165, 1.54) is 0 Å². The van der Waals surface area contributed by atoms with Gasteiger partial charge in [0.1, 0.15) is 5.60 Å². The summed E-state index contributed by atoms with van der Waals surface area (Å²) in [5.41, 5.74) is -0.832. The summed E-state index contributed by atoms with van der Waals surface area (Å²) in [6.45, 7) is 8.77. The Hall–Kier alpha value is -0.780.